The number of methoxy groups -OCH3 is 1. The van der Waals surface area contributed by atoms with E-state index in [2.05, 4.69) is 31.1 Å². The third kappa shape index (κ3) is 8.64. The number of nitrogens with one attached hydrogen (secondary N) is 1. The summed E-state index contributed by atoms with van der Waals surface area (Å²) in [5.74, 6) is 0.119. The summed E-state index contributed by atoms with van der Waals surface area (Å²) in [6, 6.07) is 8.74. The van der Waals surface area contributed by atoms with Crippen LogP contribution in [0.2, 0.25) is 0 Å². The van der Waals surface area contributed by atoms with Crippen LogP contribution >= 0.6 is 21.6 Å². The third-order valence-corrected chi connectivity index (χ3v) is 6.79. The number of hydrogen-bond donors (Lipinski definition) is 1. The van der Waals surface area contributed by atoms with Gasteiger partial charge in [-0.25, -0.2) is 4.79 Å². The van der Waals surface area contributed by atoms with E-state index in [9.17, 15) is 9.59 Å². The summed E-state index contributed by atoms with van der Waals surface area (Å²) in [7, 11) is 4.63. The highest BCUT2D eigenvalue weighted by molar-refractivity contribution is 8.77. The summed E-state index contributed by atoms with van der Waals surface area (Å²) in [6.07, 6.45) is 0.822. The fourth-order valence-electron chi connectivity index (χ4n) is 2.08. The van der Waals surface area contributed by atoms with Crippen LogP contribution in [0, 0.1) is 6.92 Å². The molecule has 7 nitrogen and oxygen atoms in total. The summed E-state index contributed by atoms with van der Waals surface area (Å²) in [5, 5.41) is 2.81. The van der Waals surface area contributed by atoms with Crippen molar-refractivity contribution in [1.82, 2.24) is 4.98 Å². The van der Waals surface area contributed by atoms with E-state index in [4.69, 9.17) is 14.2 Å². The molecule has 2 aromatic rings. The highest BCUT2D eigenvalue weighted by atomic mass is 33.1. The van der Waals surface area contributed by atoms with Gasteiger partial charge in [-0.15, -0.1) is 0 Å². The molecule has 2 rings (SSSR count). The monoisotopic (exact) mass is 450 g/mol. The molecule has 0 radical (unpaired) electrons. The lowest BCUT2D eigenvalue weighted by molar-refractivity contribution is -0.119. The maximum atomic E-state index is 12.0. The highest BCUT2D eigenvalue weighted by Crippen LogP contribution is 2.43. The molecule has 30 heavy (non-hydrogen) atoms. The predicted octanol–water partition coefficient (Wildman–Crippen LogP) is 5.23. The van der Waals surface area contributed by atoms with Crippen molar-refractivity contribution in [3.63, 3.8) is 0 Å². The first-order chi connectivity index (χ1) is 14.2. The number of carbonyl (C=O) groups excluding carboxylic acids is 2. The van der Waals surface area contributed by atoms with Crippen LogP contribution in [0.5, 0.6) is 5.75 Å². The van der Waals surface area contributed by atoms with Crippen molar-refractivity contribution in [2.24, 2.45) is 0 Å². The molecule has 1 aromatic heterocycles. The van der Waals surface area contributed by atoms with Gasteiger partial charge in [0.2, 0.25) is 5.91 Å². The number of pyridine rings is 1. The van der Waals surface area contributed by atoms with E-state index in [0.717, 1.165) is 10.5 Å². The SMILES string of the molecule is COCC(=O)Nc1cc(COC(=O)Oc2ccc(C)cc2)ncc1SSC(C)(C)C. The molecule has 0 bridgehead atoms. The van der Waals surface area contributed by atoms with E-state index in [1.165, 1.54) is 17.9 Å². The summed E-state index contributed by atoms with van der Waals surface area (Å²) in [6.45, 7) is 8.09. The van der Waals surface area contributed by atoms with Crippen LogP contribution in [0.1, 0.15) is 32.0 Å². The zero-order chi connectivity index (χ0) is 22.1. The van der Waals surface area contributed by atoms with Crippen LogP contribution < -0.4 is 10.1 Å². The van der Waals surface area contributed by atoms with Crippen LogP contribution in [-0.4, -0.2) is 35.5 Å². The second-order valence-corrected chi connectivity index (χ2v) is 10.4. The van der Waals surface area contributed by atoms with E-state index in [0.29, 0.717) is 17.1 Å². The minimum atomic E-state index is -0.827. The van der Waals surface area contributed by atoms with Crippen LogP contribution in [0.25, 0.3) is 0 Å². The quantitative estimate of drug-likeness (QED) is 0.332. The lowest BCUT2D eigenvalue weighted by Gasteiger charge is -2.18. The average molecular weight is 451 g/mol. The number of rotatable bonds is 8. The third-order valence-electron chi connectivity index (χ3n) is 3.42. The molecule has 0 saturated heterocycles. The fourth-order valence-corrected chi connectivity index (χ4v) is 4.13. The van der Waals surface area contributed by atoms with Crippen LogP contribution in [-0.2, 0) is 20.9 Å². The fraction of sp³-hybridized carbons (Fsp3) is 0.381. The van der Waals surface area contributed by atoms with E-state index in [1.807, 2.05) is 19.1 Å². The number of ether oxygens (including phenoxy) is 3. The van der Waals surface area contributed by atoms with Crippen molar-refractivity contribution in [2.45, 2.75) is 43.9 Å². The maximum Gasteiger partial charge on any atom is 0.514 e. The van der Waals surface area contributed by atoms with Crippen molar-refractivity contribution in [3.05, 3.63) is 47.8 Å². The van der Waals surface area contributed by atoms with E-state index >= 15 is 0 Å². The molecule has 0 aliphatic carbocycles. The molecule has 1 amide bonds. The van der Waals surface area contributed by atoms with Gasteiger partial charge < -0.3 is 19.5 Å². The Kier molecular flexibility index (Phi) is 9.01. The molecule has 0 fully saturated rings. The van der Waals surface area contributed by atoms with Crippen molar-refractivity contribution >= 4 is 39.3 Å². The number of hydrogen-bond acceptors (Lipinski definition) is 8. The Balaban J connectivity index is 2.04. The second kappa shape index (κ2) is 11.2. The number of amides is 1. The average Bonchev–Trinajstić information content (AvgIpc) is 2.67. The first kappa shape index (κ1) is 24.0. The summed E-state index contributed by atoms with van der Waals surface area (Å²) < 4.78 is 15.2. The second-order valence-electron chi connectivity index (χ2n) is 7.39. The zero-order valence-electron chi connectivity index (χ0n) is 17.7. The first-order valence-corrected chi connectivity index (χ1v) is 11.4. The predicted molar refractivity (Wildman–Crippen MR) is 120 cm³/mol. The van der Waals surface area contributed by atoms with E-state index in [-0.39, 0.29) is 23.9 Å². The van der Waals surface area contributed by atoms with Crippen molar-refractivity contribution in [1.29, 1.82) is 0 Å². The number of aryl methyl sites for hydroxylation is 1. The Morgan fingerprint density at radius 3 is 2.50 bits per heavy atom. The molecule has 0 aliphatic rings. The van der Waals surface area contributed by atoms with Crippen molar-refractivity contribution in [2.75, 3.05) is 19.0 Å². The molecule has 9 heteroatoms. The van der Waals surface area contributed by atoms with Gasteiger partial charge in [0.15, 0.2) is 0 Å². The lowest BCUT2D eigenvalue weighted by Crippen LogP contribution is -2.18. The largest absolute Gasteiger partial charge is 0.514 e. The molecule has 0 unspecified atom stereocenters. The van der Waals surface area contributed by atoms with Gasteiger partial charge in [-0.3, -0.25) is 9.78 Å². The minimum Gasteiger partial charge on any atom is -0.427 e. The molecule has 1 aromatic carbocycles. The van der Waals surface area contributed by atoms with Gasteiger partial charge in [-0.1, -0.05) is 60.1 Å². The minimum absolute atomic E-state index is 0.0278. The Morgan fingerprint density at radius 1 is 1.17 bits per heavy atom. The van der Waals surface area contributed by atoms with Crippen LogP contribution in [0.4, 0.5) is 10.5 Å². The summed E-state index contributed by atoms with van der Waals surface area (Å²) >= 11 is 0. The Labute approximate surface area is 184 Å². The molecule has 1 N–H and O–H groups in total. The van der Waals surface area contributed by atoms with Gasteiger partial charge in [0.25, 0.3) is 0 Å². The maximum absolute atomic E-state index is 12.0. The smallest absolute Gasteiger partial charge is 0.427 e. The molecule has 0 aliphatic heterocycles. The Bertz CT molecular complexity index is 867. The highest BCUT2D eigenvalue weighted by Gasteiger charge is 2.16. The summed E-state index contributed by atoms with van der Waals surface area (Å²) in [4.78, 5) is 29.1. The van der Waals surface area contributed by atoms with Crippen molar-refractivity contribution < 1.29 is 23.8 Å². The topological polar surface area (TPSA) is 86.8 Å². The number of carbonyl (C=O) groups is 2. The Morgan fingerprint density at radius 2 is 1.87 bits per heavy atom. The number of benzene rings is 1. The molecule has 162 valence electrons. The first-order valence-electron chi connectivity index (χ1n) is 9.21. The molecule has 0 atom stereocenters. The molecular formula is C21H26N2O5S2. The zero-order valence-corrected chi connectivity index (χ0v) is 19.3. The van der Waals surface area contributed by atoms with Crippen LogP contribution in [0.3, 0.4) is 0 Å². The van der Waals surface area contributed by atoms with Gasteiger partial charge in [-0.2, -0.15) is 0 Å². The standard InChI is InChI=1S/C21H26N2O5S2/c1-14-6-8-16(9-7-14)28-20(25)27-12-15-10-17(23-19(24)13-26-5)18(11-22-15)29-30-21(2,3)4/h6-11H,12-13H2,1-5H3,(H,22,23,24). The molecule has 0 saturated carbocycles. The summed E-state index contributed by atoms with van der Waals surface area (Å²) in [5.41, 5.74) is 2.12. The van der Waals surface area contributed by atoms with Gasteiger partial charge in [0, 0.05) is 18.1 Å². The van der Waals surface area contributed by atoms with Crippen LogP contribution in [0.15, 0.2) is 41.4 Å². The molecule has 1 heterocycles. The molecular weight excluding hydrogens is 424 g/mol. The van der Waals surface area contributed by atoms with Gasteiger partial charge in [0.05, 0.1) is 16.3 Å². The normalized spacial score (nSPS) is 11.1. The van der Waals surface area contributed by atoms with Gasteiger partial charge in [-0.05, 0) is 25.1 Å². The van der Waals surface area contributed by atoms with Gasteiger partial charge >= 0.3 is 6.16 Å². The van der Waals surface area contributed by atoms with Gasteiger partial charge in [0.1, 0.15) is 19.0 Å². The Hall–Kier alpha value is -2.23. The van der Waals surface area contributed by atoms with E-state index < -0.39 is 6.16 Å². The van der Waals surface area contributed by atoms with E-state index in [1.54, 1.807) is 35.2 Å². The van der Waals surface area contributed by atoms with Crippen molar-refractivity contribution in [3.8, 4) is 5.75 Å². The lowest BCUT2D eigenvalue weighted by atomic mass is 10.2. The number of nitrogens with zero attached hydrogens (tertiary/aromatic N) is 1. The molecule has 0 spiro atoms. The number of anilines is 1. The number of aromatic nitrogens is 1.